The van der Waals surface area contributed by atoms with Gasteiger partial charge in [-0.3, -0.25) is 9.69 Å². The van der Waals surface area contributed by atoms with Gasteiger partial charge in [0, 0.05) is 27.9 Å². The lowest BCUT2D eigenvalue weighted by molar-refractivity contribution is -0.123. The second-order valence-electron chi connectivity index (χ2n) is 9.18. The Morgan fingerprint density at radius 2 is 1.94 bits per heavy atom. The third kappa shape index (κ3) is 3.70. The van der Waals surface area contributed by atoms with Crippen LogP contribution in [-0.4, -0.2) is 34.2 Å². The molecule has 1 saturated heterocycles. The van der Waals surface area contributed by atoms with E-state index >= 15 is 0 Å². The van der Waals surface area contributed by atoms with Crippen molar-refractivity contribution in [3.8, 4) is 0 Å². The monoisotopic (exact) mass is 457 g/mol. The number of rotatable bonds is 3. The van der Waals surface area contributed by atoms with Crippen molar-refractivity contribution in [1.29, 1.82) is 0 Å². The number of hydrogen-bond acceptors (Lipinski definition) is 3. The van der Waals surface area contributed by atoms with Gasteiger partial charge in [0.25, 0.3) is 5.91 Å². The zero-order valence-electron chi connectivity index (χ0n) is 18.5. The van der Waals surface area contributed by atoms with Crippen LogP contribution in [0.2, 0.25) is 5.02 Å². The number of carbonyl (C=O) groups excluding carboxylic acids is 2. The second kappa shape index (κ2) is 7.75. The lowest BCUT2D eigenvalue weighted by atomic mass is 10.0. The maximum Gasteiger partial charge on any atom is 0.319 e. The van der Waals surface area contributed by atoms with E-state index in [0.29, 0.717) is 18.1 Å². The average Bonchev–Trinajstić information content (AvgIpc) is 3.09. The molecule has 2 aliphatic rings. The van der Waals surface area contributed by atoms with Crippen LogP contribution in [-0.2, 0) is 16.2 Å². The summed E-state index contributed by atoms with van der Waals surface area (Å²) < 4.78 is -0.289. The van der Waals surface area contributed by atoms with Crippen LogP contribution in [0.15, 0.2) is 42.5 Å². The van der Waals surface area contributed by atoms with Crippen LogP contribution in [0.4, 0.5) is 10.5 Å². The molecule has 3 amide bonds. The van der Waals surface area contributed by atoms with Gasteiger partial charge in [-0.1, -0.05) is 35.9 Å². The maximum absolute atomic E-state index is 14.1. The minimum absolute atomic E-state index is 0.0309. The largest absolute Gasteiger partial charge is 0.336 e. The van der Waals surface area contributed by atoms with Crippen molar-refractivity contribution in [2.24, 2.45) is 0 Å². The molecular formula is C24H28ClN3O2S. The summed E-state index contributed by atoms with van der Waals surface area (Å²) in [5.74, 6) is -0.0949. The number of benzene rings is 2. The molecule has 0 bridgehead atoms. The van der Waals surface area contributed by atoms with E-state index < -0.39 is 4.87 Å². The van der Waals surface area contributed by atoms with E-state index in [1.165, 1.54) is 11.8 Å². The SMILES string of the molecule is Cc1ccccc1CN1C(=O)C2(SC(C)(C)CN2C(=O)NC(C)C)c2cc(Cl)ccc21. The van der Waals surface area contributed by atoms with Gasteiger partial charge in [-0.2, -0.15) is 0 Å². The van der Waals surface area contributed by atoms with E-state index in [-0.39, 0.29) is 22.7 Å². The summed E-state index contributed by atoms with van der Waals surface area (Å²) in [7, 11) is 0. The summed E-state index contributed by atoms with van der Waals surface area (Å²) in [6.45, 7) is 10.9. The van der Waals surface area contributed by atoms with Crippen LogP contribution in [0.25, 0.3) is 0 Å². The van der Waals surface area contributed by atoms with Crippen LogP contribution < -0.4 is 10.2 Å². The van der Waals surface area contributed by atoms with Gasteiger partial charge in [0.2, 0.25) is 0 Å². The second-order valence-corrected chi connectivity index (χ2v) is 11.5. The van der Waals surface area contributed by atoms with E-state index in [1.54, 1.807) is 15.9 Å². The zero-order valence-corrected chi connectivity index (χ0v) is 20.1. The molecule has 0 aromatic heterocycles. The van der Waals surface area contributed by atoms with E-state index in [2.05, 4.69) is 19.2 Å². The van der Waals surface area contributed by atoms with Gasteiger partial charge in [0.1, 0.15) is 0 Å². The standard InChI is InChI=1S/C24H28ClN3O2S/c1-15(2)26-22(30)28-14-23(4,5)31-24(28)19-12-18(25)10-11-20(19)27(21(24)29)13-17-9-7-6-8-16(17)3/h6-12,15H,13-14H2,1-5H3,(H,26,30). The number of nitrogens with one attached hydrogen (secondary N) is 1. The van der Waals surface area contributed by atoms with E-state index in [9.17, 15) is 9.59 Å². The Balaban J connectivity index is 1.85. The van der Waals surface area contributed by atoms with E-state index in [1.807, 2.05) is 57.2 Å². The molecule has 164 valence electrons. The molecule has 0 aliphatic carbocycles. The Labute approximate surface area is 193 Å². The maximum atomic E-state index is 14.1. The topological polar surface area (TPSA) is 52.7 Å². The number of aryl methyl sites for hydroxylation is 1. The van der Waals surface area contributed by atoms with Crippen LogP contribution in [0.3, 0.4) is 0 Å². The van der Waals surface area contributed by atoms with Gasteiger partial charge >= 0.3 is 6.03 Å². The average molecular weight is 458 g/mol. The number of anilines is 1. The fourth-order valence-electron chi connectivity index (χ4n) is 4.42. The molecule has 1 fully saturated rings. The lowest BCUT2D eigenvalue weighted by Crippen LogP contribution is -2.54. The molecule has 2 aromatic rings. The Morgan fingerprint density at radius 3 is 2.61 bits per heavy atom. The highest BCUT2D eigenvalue weighted by molar-refractivity contribution is 8.02. The Bertz CT molecular complexity index is 1050. The fourth-order valence-corrected chi connectivity index (χ4v) is 6.31. The highest BCUT2D eigenvalue weighted by Crippen LogP contribution is 2.60. The summed E-state index contributed by atoms with van der Waals surface area (Å²) in [6, 6.07) is 13.3. The first kappa shape index (κ1) is 22.0. The van der Waals surface area contributed by atoms with Crippen molar-refractivity contribution < 1.29 is 9.59 Å². The van der Waals surface area contributed by atoms with Crippen molar-refractivity contribution in [2.75, 3.05) is 11.4 Å². The predicted octanol–water partition coefficient (Wildman–Crippen LogP) is 5.29. The molecule has 31 heavy (non-hydrogen) atoms. The van der Waals surface area contributed by atoms with Crippen LogP contribution >= 0.6 is 23.4 Å². The first-order valence-corrected chi connectivity index (χ1v) is 11.7. The Morgan fingerprint density at radius 1 is 1.23 bits per heavy atom. The van der Waals surface area contributed by atoms with Crippen molar-refractivity contribution in [2.45, 2.75) is 56.8 Å². The summed E-state index contributed by atoms with van der Waals surface area (Å²) >= 11 is 7.92. The minimum atomic E-state index is -1.13. The number of halogens is 1. The summed E-state index contributed by atoms with van der Waals surface area (Å²) in [4.78, 5) is 29.8. The van der Waals surface area contributed by atoms with Crippen molar-refractivity contribution in [1.82, 2.24) is 10.2 Å². The van der Waals surface area contributed by atoms with Crippen LogP contribution in [0.1, 0.15) is 44.4 Å². The lowest BCUT2D eigenvalue weighted by Gasteiger charge is -2.33. The smallest absolute Gasteiger partial charge is 0.319 e. The number of hydrogen-bond donors (Lipinski definition) is 1. The van der Waals surface area contributed by atoms with Gasteiger partial charge in [-0.25, -0.2) is 4.79 Å². The summed E-state index contributed by atoms with van der Waals surface area (Å²) in [5, 5.41) is 3.54. The molecule has 2 aromatic carbocycles. The van der Waals surface area contributed by atoms with Crippen LogP contribution in [0.5, 0.6) is 0 Å². The Hall–Kier alpha value is -2.18. The molecule has 1 N–H and O–H groups in total. The number of thioether (sulfide) groups is 1. The normalized spacial score (nSPS) is 21.8. The zero-order chi connectivity index (χ0) is 22.6. The quantitative estimate of drug-likeness (QED) is 0.680. The molecule has 7 heteroatoms. The van der Waals surface area contributed by atoms with Crippen LogP contribution in [0, 0.1) is 6.92 Å². The van der Waals surface area contributed by atoms with Crippen molar-refractivity contribution in [3.05, 3.63) is 64.2 Å². The molecule has 5 nitrogen and oxygen atoms in total. The van der Waals surface area contributed by atoms with Gasteiger partial charge in [0.05, 0.1) is 12.2 Å². The van der Waals surface area contributed by atoms with Gasteiger partial charge in [-0.05, 0) is 63.9 Å². The number of urea groups is 1. The predicted molar refractivity (Wildman–Crippen MR) is 128 cm³/mol. The van der Waals surface area contributed by atoms with Gasteiger partial charge in [-0.15, -0.1) is 11.8 Å². The third-order valence-electron chi connectivity index (χ3n) is 5.74. The molecule has 4 rings (SSSR count). The Kier molecular flexibility index (Phi) is 5.51. The van der Waals surface area contributed by atoms with E-state index in [4.69, 9.17) is 11.6 Å². The van der Waals surface area contributed by atoms with Crippen molar-refractivity contribution >= 4 is 41.0 Å². The molecular weight excluding hydrogens is 430 g/mol. The van der Waals surface area contributed by atoms with Gasteiger partial charge in [0.15, 0.2) is 4.87 Å². The molecule has 2 aliphatic heterocycles. The highest BCUT2D eigenvalue weighted by Gasteiger charge is 2.63. The van der Waals surface area contributed by atoms with E-state index in [0.717, 1.165) is 22.4 Å². The number of amides is 3. The number of nitrogens with zero attached hydrogens (tertiary/aromatic N) is 2. The first-order valence-electron chi connectivity index (χ1n) is 10.5. The highest BCUT2D eigenvalue weighted by atomic mass is 35.5. The fraction of sp³-hybridized carbons (Fsp3) is 0.417. The molecule has 1 unspecified atom stereocenters. The minimum Gasteiger partial charge on any atom is -0.336 e. The summed E-state index contributed by atoms with van der Waals surface area (Å²) in [5.41, 5.74) is 3.80. The summed E-state index contributed by atoms with van der Waals surface area (Å²) in [6.07, 6.45) is 0. The molecule has 1 atom stereocenters. The molecule has 0 radical (unpaired) electrons. The van der Waals surface area contributed by atoms with Gasteiger partial charge < -0.3 is 10.2 Å². The number of fused-ring (bicyclic) bond motifs is 2. The molecule has 0 saturated carbocycles. The number of carbonyl (C=O) groups is 2. The van der Waals surface area contributed by atoms with Crippen molar-refractivity contribution in [3.63, 3.8) is 0 Å². The molecule has 2 heterocycles. The molecule has 1 spiro atoms. The first-order chi connectivity index (χ1) is 14.5. The third-order valence-corrected chi connectivity index (χ3v) is 7.57.